The number of hydrogen-bond donors (Lipinski definition) is 2. The van der Waals surface area contributed by atoms with E-state index >= 15 is 0 Å². The number of anilines is 3. The Labute approximate surface area is 157 Å². The number of pyridine rings is 1. The summed E-state index contributed by atoms with van der Waals surface area (Å²) in [5.41, 5.74) is 4.99. The average Bonchev–Trinajstić information content (AvgIpc) is 3.13. The summed E-state index contributed by atoms with van der Waals surface area (Å²) in [4.78, 5) is 16.8. The van der Waals surface area contributed by atoms with E-state index in [0.29, 0.717) is 17.0 Å². The standard InChI is InChI=1S/C21H19N3O3/c1-13-4-3-5-18(14(13)2)24-21(25)15-8-17(11-22-10-15)23-16-6-7-19-20(9-16)27-12-26-19/h3-11,23H,12H2,1-2H3,(H,24,25). The molecule has 27 heavy (non-hydrogen) atoms. The summed E-state index contributed by atoms with van der Waals surface area (Å²) < 4.78 is 10.7. The maximum absolute atomic E-state index is 12.6. The minimum absolute atomic E-state index is 0.203. The molecule has 6 heteroatoms. The number of carbonyl (C=O) groups is 1. The van der Waals surface area contributed by atoms with E-state index < -0.39 is 0 Å². The third kappa shape index (κ3) is 3.55. The van der Waals surface area contributed by atoms with Gasteiger partial charge in [0.15, 0.2) is 11.5 Å². The summed E-state index contributed by atoms with van der Waals surface area (Å²) in [7, 11) is 0. The van der Waals surface area contributed by atoms with Gasteiger partial charge in [-0.05, 0) is 49.2 Å². The number of rotatable bonds is 4. The molecule has 0 radical (unpaired) electrons. The van der Waals surface area contributed by atoms with Gasteiger partial charge in [-0.1, -0.05) is 12.1 Å². The van der Waals surface area contributed by atoms with E-state index in [0.717, 1.165) is 28.3 Å². The lowest BCUT2D eigenvalue weighted by molar-refractivity contribution is 0.102. The highest BCUT2D eigenvalue weighted by Crippen LogP contribution is 2.35. The zero-order chi connectivity index (χ0) is 18.8. The topological polar surface area (TPSA) is 72.5 Å². The first-order valence-corrected chi connectivity index (χ1v) is 8.59. The number of ether oxygens (including phenoxy) is 2. The Morgan fingerprint density at radius 2 is 1.85 bits per heavy atom. The molecule has 4 rings (SSSR count). The molecule has 136 valence electrons. The Morgan fingerprint density at radius 3 is 2.74 bits per heavy atom. The highest BCUT2D eigenvalue weighted by Gasteiger charge is 2.14. The lowest BCUT2D eigenvalue weighted by Gasteiger charge is -2.11. The summed E-state index contributed by atoms with van der Waals surface area (Å²) in [6, 6.07) is 13.2. The van der Waals surface area contributed by atoms with Crippen molar-refractivity contribution in [3.8, 4) is 11.5 Å². The Kier molecular flexibility index (Phi) is 4.38. The highest BCUT2D eigenvalue weighted by atomic mass is 16.7. The van der Waals surface area contributed by atoms with Gasteiger partial charge in [0.05, 0.1) is 17.4 Å². The number of fused-ring (bicyclic) bond motifs is 1. The quantitative estimate of drug-likeness (QED) is 0.719. The SMILES string of the molecule is Cc1cccc(NC(=O)c2cncc(Nc3ccc4c(c3)OCO4)c2)c1C. The molecule has 0 spiro atoms. The second-order valence-corrected chi connectivity index (χ2v) is 6.36. The maximum atomic E-state index is 12.6. The third-order valence-corrected chi connectivity index (χ3v) is 4.51. The average molecular weight is 361 g/mol. The molecule has 2 heterocycles. The monoisotopic (exact) mass is 361 g/mol. The lowest BCUT2D eigenvalue weighted by atomic mass is 10.1. The third-order valence-electron chi connectivity index (χ3n) is 4.51. The van der Waals surface area contributed by atoms with Crippen molar-refractivity contribution in [2.24, 2.45) is 0 Å². The number of aryl methyl sites for hydroxylation is 1. The zero-order valence-electron chi connectivity index (χ0n) is 15.1. The van der Waals surface area contributed by atoms with Crippen LogP contribution in [0.3, 0.4) is 0 Å². The molecule has 1 aliphatic heterocycles. The molecular formula is C21H19N3O3. The van der Waals surface area contributed by atoms with E-state index in [9.17, 15) is 4.79 Å². The van der Waals surface area contributed by atoms with E-state index in [1.54, 1.807) is 18.5 Å². The van der Waals surface area contributed by atoms with Crippen molar-refractivity contribution in [1.82, 2.24) is 4.98 Å². The Bertz CT molecular complexity index is 1020. The van der Waals surface area contributed by atoms with Crippen molar-refractivity contribution in [2.45, 2.75) is 13.8 Å². The Morgan fingerprint density at radius 1 is 1.00 bits per heavy atom. The predicted octanol–water partition coefficient (Wildman–Crippen LogP) is 4.42. The second kappa shape index (κ2) is 6.99. The van der Waals surface area contributed by atoms with Crippen LogP contribution in [0.4, 0.5) is 17.1 Å². The Hall–Kier alpha value is -3.54. The van der Waals surface area contributed by atoms with Gasteiger partial charge in [-0.15, -0.1) is 0 Å². The molecular weight excluding hydrogens is 342 g/mol. The van der Waals surface area contributed by atoms with Gasteiger partial charge in [0, 0.05) is 23.6 Å². The summed E-state index contributed by atoms with van der Waals surface area (Å²) in [5.74, 6) is 1.21. The zero-order valence-corrected chi connectivity index (χ0v) is 15.1. The van der Waals surface area contributed by atoms with Crippen LogP contribution in [-0.4, -0.2) is 17.7 Å². The predicted molar refractivity (Wildman–Crippen MR) is 104 cm³/mol. The normalized spacial score (nSPS) is 11.9. The molecule has 0 fully saturated rings. The molecule has 2 aromatic carbocycles. The number of hydrogen-bond acceptors (Lipinski definition) is 5. The van der Waals surface area contributed by atoms with Gasteiger partial charge in [0.2, 0.25) is 6.79 Å². The molecule has 2 N–H and O–H groups in total. The minimum Gasteiger partial charge on any atom is -0.454 e. The van der Waals surface area contributed by atoms with Gasteiger partial charge in [0.1, 0.15) is 0 Å². The van der Waals surface area contributed by atoms with Crippen LogP contribution < -0.4 is 20.1 Å². The van der Waals surface area contributed by atoms with Crippen molar-refractivity contribution in [3.63, 3.8) is 0 Å². The van der Waals surface area contributed by atoms with E-state index in [1.807, 2.05) is 50.2 Å². The molecule has 0 bridgehead atoms. The molecule has 6 nitrogen and oxygen atoms in total. The summed E-state index contributed by atoms with van der Waals surface area (Å²) in [5, 5.41) is 6.18. The maximum Gasteiger partial charge on any atom is 0.257 e. The van der Waals surface area contributed by atoms with Gasteiger partial charge in [-0.25, -0.2) is 0 Å². The van der Waals surface area contributed by atoms with E-state index in [1.165, 1.54) is 0 Å². The first-order valence-electron chi connectivity index (χ1n) is 8.59. The largest absolute Gasteiger partial charge is 0.454 e. The number of nitrogens with zero attached hydrogens (tertiary/aromatic N) is 1. The summed E-state index contributed by atoms with van der Waals surface area (Å²) in [6.07, 6.45) is 3.21. The summed E-state index contributed by atoms with van der Waals surface area (Å²) in [6.45, 7) is 4.23. The van der Waals surface area contributed by atoms with Gasteiger partial charge in [-0.3, -0.25) is 9.78 Å². The number of benzene rings is 2. The van der Waals surface area contributed by atoms with Gasteiger partial charge in [-0.2, -0.15) is 0 Å². The van der Waals surface area contributed by atoms with Crippen molar-refractivity contribution in [3.05, 3.63) is 71.5 Å². The second-order valence-electron chi connectivity index (χ2n) is 6.36. The minimum atomic E-state index is -0.203. The van der Waals surface area contributed by atoms with E-state index in [4.69, 9.17) is 9.47 Å². The smallest absolute Gasteiger partial charge is 0.257 e. The van der Waals surface area contributed by atoms with Crippen LogP contribution in [0, 0.1) is 13.8 Å². The molecule has 0 atom stereocenters. The van der Waals surface area contributed by atoms with Crippen molar-refractivity contribution in [1.29, 1.82) is 0 Å². The number of aromatic nitrogens is 1. The summed E-state index contributed by atoms with van der Waals surface area (Å²) >= 11 is 0. The van der Waals surface area contributed by atoms with E-state index in [2.05, 4.69) is 15.6 Å². The van der Waals surface area contributed by atoms with Crippen LogP contribution in [-0.2, 0) is 0 Å². The molecule has 1 aromatic heterocycles. The van der Waals surface area contributed by atoms with E-state index in [-0.39, 0.29) is 12.7 Å². The van der Waals surface area contributed by atoms with Crippen LogP contribution >= 0.6 is 0 Å². The number of amides is 1. The van der Waals surface area contributed by atoms with Crippen LogP contribution in [0.1, 0.15) is 21.5 Å². The molecule has 3 aromatic rings. The van der Waals surface area contributed by atoms with Gasteiger partial charge < -0.3 is 20.1 Å². The van der Waals surface area contributed by atoms with Crippen molar-refractivity contribution >= 4 is 23.0 Å². The molecule has 0 saturated carbocycles. The van der Waals surface area contributed by atoms with Gasteiger partial charge in [0.25, 0.3) is 5.91 Å². The lowest BCUT2D eigenvalue weighted by Crippen LogP contribution is -2.13. The van der Waals surface area contributed by atoms with Crippen molar-refractivity contribution < 1.29 is 14.3 Å². The number of carbonyl (C=O) groups excluding carboxylic acids is 1. The molecule has 1 aliphatic rings. The first-order chi connectivity index (χ1) is 13.1. The molecule has 0 saturated heterocycles. The first kappa shape index (κ1) is 16.9. The molecule has 1 amide bonds. The Balaban J connectivity index is 1.52. The number of nitrogens with one attached hydrogen (secondary N) is 2. The van der Waals surface area contributed by atoms with Gasteiger partial charge >= 0.3 is 0 Å². The fraction of sp³-hybridized carbons (Fsp3) is 0.143. The van der Waals surface area contributed by atoms with Crippen LogP contribution in [0.2, 0.25) is 0 Å². The van der Waals surface area contributed by atoms with Crippen LogP contribution in [0.25, 0.3) is 0 Å². The fourth-order valence-electron chi connectivity index (χ4n) is 2.85. The highest BCUT2D eigenvalue weighted by molar-refractivity contribution is 6.05. The van der Waals surface area contributed by atoms with Crippen LogP contribution in [0.15, 0.2) is 54.9 Å². The van der Waals surface area contributed by atoms with Crippen molar-refractivity contribution in [2.75, 3.05) is 17.4 Å². The fourth-order valence-corrected chi connectivity index (χ4v) is 2.85. The molecule has 0 aliphatic carbocycles. The van der Waals surface area contributed by atoms with Crippen LogP contribution in [0.5, 0.6) is 11.5 Å². The molecule has 0 unspecified atom stereocenters.